The molecule has 0 saturated carbocycles. The summed E-state index contributed by atoms with van der Waals surface area (Å²) < 4.78 is 9.04. The highest BCUT2D eigenvalue weighted by molar-refractivity contribution is 7.25. The van der Waals surface area contributed by atoms with Crippen molar-refractivity contribution in [2.45, 2.75) is 19.3 Å². The molecule has 3 aromatic heterocycles. The number of fused-ring (bicyclic) bond motifs is 9. The van der Waals surface area contributed by atoms with Gasteiger partial charge < -0.3 is 4.42 Å². The number of thiophene rings is 1. The SMILES string of the molecule is CC1(C)c2ccccc2-c2cc(-c3cccc(-c4ccc5oc6cccc(-c7nc(-c8ccc(-c9ccccc9)cc8)nc(-c8ccc9c(c8)sc8ccccc89)n7)c6c5c4)c3)ccc21. The first kappa shape index (κ1) is 37.6. The van der Waals surface area contributed by atoms with Gasteiger partial charge in [0.25, 0.3) is 0 Å². The van der Waals surface area contributed by atoms with Gasteiger partial charge in [0.05, 0.1) is 0 Å². The summed E-state index contributed by atoms with van der Waals surface area (Å²) in [5.74, 6) is 1.83. The van der Waals surface area contributed by atoms with E-state index in [4.69, 9.17) is 19.4 Å². The number of furan rings is 1. The Morgan fingerprint density at radius 1 is 0.354 bits per heavy atom. The van der Waals surface area contributed by atoms with E-state index in [9.17, 15) is 0 Å². The summed E-state index contributed by atoms with van der Waals surface area (Å²) in [4.78, 5) is 15.7. The van der Waals surface area contributed by atoms with E-state index in [-0.39, 0.29) is 5.41 Å². The van der Waals surface area contributed by atoms with Crippen LogP contribution in [-0.2, 0) is 5.41 Å². The molecule has 12 aromatic rings. The van der Waals surface area contributed by atoms with Crippen molar-refractivity contribution in [1.82, 2.24) is 15.0 Å². The maximum Gasteiger partial charge on any atom is 0.164 e. The lowest BCUT2D eigenvalue weighted by Gasteiger charge is -2.21. The van der Waals surface area contributed by atoms with Crippen LogP contribution in [0.2, 0.25) is 0 Å². The summed E-state index contributed by atoms with van der Waals surface area (Å²) in [6.45, 7) is 4.66. The monoisotopic (exact) mass is 849 g/mol. The summed E-state index contributed by atoms with van der Waals surface area (Å²) >= 11 is 1.79. The molecule has 306 valence electrons. The van der Waals surface area contributed by atoms with Crippen LogP contribution >= 0.6 is 11.3 Å². The molecule has 0 amide bonds. The van der Waals surface area contributed by atoms with E-state index in [1.54, 1.807) is 11.3 Å². The molecular formula is C60H39N3OS. The number of hydrogen-bond donors (Lipinski definition) is 0. The fourth-order valence-corrected chi connectivity index (χ4v) is 11.2. The maximum absolute atomic E-state index is 6.58. The lowest BCUT2D eigenvalue weighted by atomic mass is 9.82. The second-order valence-electron chi connectivity index (χ2n) is 17.6. The van der Waals surface area contributed by atoms with Gasteiger partial charge >= 0.3 is 0 Å². The molecule has 0 unspecified atom stereocenters. The minimum atomic E-state index is -0.0273. The number of benzene rings is 9. The van der Waals surface area contributed by atoms with Crippen LogP contribution in [0.3, 0.4) is 0 Å². The fraction of sp³-hybridized carbons (Fsp3) is 0.0500. The van der Waals surface area contributed by atoms with Crippen molar-refractivity contribution in [2.24, 2.45) is 0 Å². The van der Waals surface area contributed by atoms with Gasteiger partial charge in [-0.25, -0.2) is 15.0 Å². The lowest BCUT2D eigenvalue weighted by molar-refractivity contribution is 0.660. The highest BCUT2D eigenvalue weighted by atomic mass is 32.1. The topological polar surface area (TPSA) is 51.8 Å². The second-order valence-corrected chi connectivity index (χ2v) is 18.6. The number of nitrogens with zero attached hydrogens (tertiary/aromatic N) is 3. The first-order valence-corrected chi connectivity index (χ1v) is 22.9. The Morgan fingerprint density at radius 2 is 0.938 bits per heavy atom. The molecule has 5 heteroatoms. The van der Waals surface area contributed by atoms with Crippen molar-refractivity contribution < 1.29 is 4.42 Å². The Bertz CT molecular complexity index is 3860. The van der Waals surface area contributed by atoms with Crippen LogP contribution in [0.25, 0.3) is 121 Å². The van der Waals surface area contributed by atoms with Crippen molar-refractivity contribution in [3.05, 3.63) is 211 Å². The van der Waals surface area contributed by atoms with E-state index in [0.29, 0.717) is 17.5 Å². The van der Waals surface area contributed by atoms with Crippen LogP contribution in [0.1, 0.15) is 25.0 Å². The quantitative estimate of drug-likeness (QED) is 0.167. The van der Waals surface area contributed by atoms with Gasteiger partial charge in [-0.1, -0.05) is 172 Å². The summed E-state index contributed by atoms with van der Waals surface area (Å²) in [6, 6.07) is 71.4. The number of rotatable bonds is 6. The number of aromatic nitrogens is 3. The highest BCUT2D eigenvalue weighted by Gasteiger charge is 2.35. The third-order valence-corrected chi connectivity index (χ3v) is 14.5. The Morgan fingerprint density at radius 3 is 1.80 bits per heavy atom. The third kappa shape index (κ3) is 6.15. The molecule has 0 spiro atoms. The Labute approximate surface area is 380 Å². The van der Waals surface area contributed by atoms with Crippen LogP contribution < -0.4 is 0 Å². The third-order valence-electron chi connectivity index (χ3n) is 13.4. The average Bonchev–Trinajstić information content (AvgIpc) is 4.01. The van der Waals surface area contributed by atoms with Gasteiger partial charge in [0.2, 0.25) is 0 Å². The average molecular weight is 850 g/mol. The summed E-state index contributed by atoms with van der Waals surface area (Å²) in [6.07, 6.45) is 0. The molecular weight excluding hydrogens is 811 g/mol. The van der Waals surface area contributed by atoms with E-state index in [1.807, 2.05) is 18.2 Å². The molecule has 0 fully saturated rings. The van der Waals surface area contributed by atoms with Gasteiger partial charge in [0.1, 0.15) is 11.2 Å². The van der Waals surface area contributed by atoms with Crippen LogP contribution in [0, 0.1) is 0 Å². The highest BCUT2D eigenvalue weighted by Crippen LogP contribution is 2.50. The van der Waals surface area contributed by atoms with Crippen LogP contribution in [0.5, 0.6) is 0 Å². The first-order valence-electron chi connectivity index (χ1n) is 22.1. The van der Waals surface area contributed by atoms with E-state index >= 15 is 0 Å². The maximum atomic E-state index is 6.58. The predicted octanol–water partition coefficient (Wildman–Crippen LogP) is 16.4. The molecule has 0 atom stereocenters. The zero-order valence-electron chi connectivity index (χ0n) is 35.7. The minimum absolute atomic E-state index is 0.0273. The normalized spacial score (nSPS) is 12.9. The first-order chi connectivity index (χ1) is 31.9. The molecule has 0 bridgehead atoms. The molecule has 1 aliphatic carbocycles. The van der Waals surface area contributed by atoms with Crippen molar-refractivity contribution in [3.8, 4) is 78.7 Å². The molecule has 9 aromatic carbocycles. The predicted molar refractivity (Wildman–Crippen MR) is 270 cm³/mol. The van der Waals surface area contributed by atoms with E-state index in [2.05, 4.69) is 196 Å². The van der Waals surface area contributed by atoms with Gasteiger partial charge in [-0.3, -0.25) is 0 Å². The minimum Gasteiger partial charge on any atom is -0.456 e. The molecule has 13 rings (SSSR count). The summed E-state index contributed by atoms with van der Waals surface area (Å²) in [5.41, 5.74) is 16.7. The largest absolute Gasteiger partial charge is 0.456 e. The summed E-state index contributed by atoms with van der Waals surface area (Å²) in [7, 11) is 0. The molecule has 65 heavy (non-hydrogen) atoms. The van der Waals surface area contributed by atoms with Crippen LogP contribution in [0.4, 0.5) is 0 Å². The van der Waals surface area contributed by atoms with Crippen molar-refractivity contribution in [1.29, 1.82) is 0 Å². The molecule has 0 N–H and O–H groups in total. The van der Waals surface area contributed by atoms with Gasteiger partial charge in [-0.15, -0.1) is 11.3 Å². The molecule has 0 saturated heterocycles. The van der Waals surface area contributed by atoms with E-state index < -0.39 is 0 Å². The molecule has 1 aliphatic rings. The molecule has 0 radical (unpaired) electrons. The van der Waals surface area contributed by atoms with Gasteiger partial charge in [0.15, 0.2) is 17.5 Å². The fourth-order valence-electron chi connectivity index (χ4n) is 10.0. The Kier molecular flexibility index (Phi) is 8.39. The van der Waals surface area contributed by atoms with Crippen molar-refractivity contribution >= 4 is 53.4 Å². The van der Waals surface area contributed by atoms with Gasteiger partial charge in [-0.2, -0.15) is 0 Å². The van der Waals surface area contributed by atoms with Crippen molar-refractivity contribution in [3.63, 3.8) is 0 Å². The molecule has 0 aliphatic heterocycles. The van der Waals surface area contributed by atoms with E-state index in [1.165, 1.54) is 53.6 Å². The Balaban J connectivity index is 0.937. The van der Waals surface area contributed by atoms with Crippen molar-refractivity contribution in [2.75, 3.05) is 0 Å². The van der Waals surface area contributed by atoms with E-state index in [0.717, 1.165) is 60.9 Å². The van der Waals surface area contributed by atoms with Crippen LogP contribution in [0.15, 0.2) is 205 Å². The van der Waals surface area contributed by atoms with Gasteiger partial charge in [-0.05, 0) is 98.1 Å². The Hall–Kier alpha value is -7.99. The van der Waals surface area contributed by atoms with Gasteiger partial charge in [0, 0.05) is 53.1 Å². The zero-order chi connectivity index (χ0) is 43.2. The lowest BCUT2D eigenvalue weighted by Crippen LogP contribution is -2.14. The second kappa shape index (κ2) is 14.5. The zero-order valence-corrected chi connectivity index (χ0v) is 36.5. The molecule has 3 heterocycles. The molecule has 4 nitrogen and oxygen atoms in total. The standard InChI is InChI=1S/C60H39N3OS/c1-60(2)50-19-8-6-16-44(50)48-33-41(27-30-51(48)60)39-14-10-15-40(32-39)42-28-31-52-49(34-42)56-47(18-11-20-53(56)64-52)59-62-57(38-24-22-37(23-25-38)36-12-4-3-5-13-36)61-58(63-59)43-26-29-46-45-17-7-9-21-54(45)65-55(46)35-43/h3-35H,1-2H3. The summed E-state index contributed by atoms with van der Waals surface area (Å²) in [5, 5.41) is 4.48. The van der Waals surface area contributed by atoms with Crippen LogP contribution in [-0.4, -0.2) is 15.0 Å². The number of hydrogen-bond acceptors (Lipinski definition) is 5. The smallest absolute Gasteiger partial charge is 0.164 e.